The molecule has 0 heterocycles. The van der Waals surface area contributed by atoms with Gasteiger partial charge in [0.1, 0.15) is 0 Å². The Labute approximate surface area is 174 Å². The molecule has 0 aromatic heterocycles. The monoisotopic (exact) mass is 414 g/mol. The van der Waals surface area contributed by atoms with Gasteiger partial charge in [-0.2, -0.15) is 0 Å². The SMILES string of the molecule is C[C@H](P(c1ccccc1)c1ccccc1)P(=O)(c1ccccc1)c1ccccc1. The molecular weight excluding hydrogens is 390 g/mol. The van der Waals surface area contributed by atoms with Crippen molar-refractivity contribution < 1.29 is 4.57 Å². The molecule has 144 valence electrons. The third-order valence-electron chi connectivity index (χ3n) is 5.25. The van der Waals surface area contributed by atoms with E-state index in [9.17, 15) is 4.57 Å². The van der Waals surface area contributed by atoms with Crippen LogP contribution in [0.3, 0.4) is 0 Å². The van der Waals surface area contributed by atoms with Crippen LogP contribution >= 0.6 is 15.1 Å². The minimum absolute atomic E-state index is 0.0351. The summed E-state index contributed by atoms with van der Waals surface area (Å²) in [5.41, 5.74) is 0. The number of hydrogen-bond acceptors (Lipinski definition) is 1. The van der Waals surface area contributed by atoms with E-state index in [1.165, 1.54) is 10.6 Å². The molecule has 0 aliphatic rings. The second kappa shape index (κ2) is 8.91. The molecule has 0 aliphatic carbocycles. The molecule has 1 nitrogen and oxygen atoms in total. The maximum absolute atomic E-state index is 14.9. The minimum atomic E-state index is -2.87. The second-order valence-electron chi connectivity index (χ2n) is 7.00. The van der Waals surface area contributed by atoms with Crippen molar-refractivity contribution >= 4 is 36.3 Å². The molecular formula is C26H24OP2. The van der Waals surface area contributed by atoms with E-state index in [0.29, 0.717) is 0 Å². The largest absolute Gasteiger partial charge is 0.313 e. The van der Waals surface area contributed by atoms with Gasteiger partial charge in [-0.1, -0.05) is 128 Å². The first-order valence-corrected chi connectivity index (χ1v) is 13.0. The Morgan fingerprint density at radius 1 is 0.552 bits per heavy atom. The van der Waals surface area contributed by atoms with Crippen molar-refractivity contribution in [2.75, 3.05) is 0 Å². The number of rotatable bonds is 6. The first kappa shape index (κ1) is 19.8. The van der Waals surface area contributed by atoms with E-state index >= 15 is 0 Å². The third kappa shape index (κ3) is 3.99. The Balaban J connectivity index is 1.92. The first-order valence-electron chi connectivity index (χ1n) is 9.81. The van der Waals surface area contributed by atoms with Crippen molar-refractivity contribution in [3.63, 3.8) is 0 Å². The molecule has 0 amide bonds. The van der Waals surface area contributed by atoms with Crippen molar-refractivity contribution in [3.8, 4) is 0 Å². The van der Waals surface area contributed by atoms with Crippen LogP contribution in [0.25, 0.3) is 0 Å². The summed E-state index contributed by atoms with van der Waals surface area (Å²) in [5, 5.41) is 4.34. The molecule has 0 fully saturated rings. The summed E-state index contributed by atoms with van der Waals surface area (Å²) < 4.78 is 14.9. The summed E-state index contributed by atoms with van der Waals surface area (Å²) >= 11 is 0. The highest BCUT2D eigenvalue weighted by Crippen LogP contribution is 2.61. The standard InChI is InChI=1S/C26H24OP2/c1-22(28(23-14-6-2-7-15-23)24-16-8-3-9-17-24)29(27,25-18-10-4-11-19-25)26-20-12-5-13-21-26/h2-22H,1H3/t22-/m1/s1. The van der Waals surface area contributed by atoms with Gasteiger partial charge in [0.25, 0.3) is 0 Å². The van der Waals surface area contributed by atoms with Crippen LogP contribution in [0.5, 0.6) is 0 Å². The molecule has 29 heavy (non-hydrogen) atoms. The van der Waals surface area contributed by atoms with Gasteiger partial charge >= 0.3 is 0 Å². The molecule has 4 rings (SSSR count). The Morgan fingerprint density at radius 2 is 0.862 bits per heavy atom. The molecule has 4 aromatic carbocycles. The van der Waals surface area contributed by atoms with Crippen molar-refractivity contribution in [2.45, 2.75) is 12.3 Å². The van der Waals surface area contributed by atoms with Crippen LogP contribution in [0.4, 0.5) is 0 Å². The predicted molar refractivity (Wildman–Crippen MR) is 128 cm³/mol. The molecule has 0 radical (unpaired) electrons. The summed E-state index contributed by atoms with van der Waals surface area (Å²) in [5.74, 6) is 0. The molecule has 0 saturated carbocycles. The van der Waals surface area contributed by atoms with E-state index < -0.39 is 15.1 Å². The van der Waals surface area contributed by atoms with E-state index in [-0.39, 0.29) is 5.40 Å². The molecule has 1 atom stereocenters. The van der Waals surface area contributed by atoms with E-state index in [0.717, 1.165) is 10.6 Å². The molecule has 4 aromatic rings. The van der Waals surface area contributed by atoms with Crippen LogP contribution in [-0.2, 0) is 4.57 Å². The van der Waals surface area contributed by atoms with Crippen LogP contribution in [0, 0.1) is 0 Å². The Bertz CT molecular complexity index is 998. The van der Waals surface area contributed by atoms with Crippen LogP contribution in [0.1, 0.15) is 6.92 Å². The lowest BCUT2D eigenvalue weighted by Gasteiger charge is -2.33. The molecule has 3 heteroatoms. The summed E-state index contributed by atoms with van der Waals surface area (Å²) in [7, 11) is -3.68. The fourth-order valence-electron chi connectivity index (χ4n) is 3.80. The summed E-state index contributed by atoms with van der Waals surface area (Å²) in [6.07, 6.45) is 0. The van der Waals surface area contributed by atoms with Gasteiger partial charge in [-0.05, 0) is 18.5 Å². The van der Waals surface area contributed by atoms with Crippen LogP contribution in [0.2, 0.25) is 0 Å². The maximum atomic E-state index is 14.9. The Morgan fingerprint density at radius 3 is 1.21 bits per heavy atom. The number of hydrogen-bond donors (Lipinski definition) is 0. The average Bonchev–Trinajstić information content (AvgIpc) is 2.81. The van der Waals surface area contributed by atoms with Crippen LogP contribution in [-0.4, -0.2) is 5.40 Å². The van der Waals surface area contributed by atoms with Gasteiger partial charge in [-0.15, -0.1) is 0 Å². The fraction of sp³-hybridized carbons (Fsp3) is 0.0769. The lowest BCUT2D eigenvalue weighted by atomic mass is 10.4. The average molecular weight is 414 g/mol. The van der Waals surface area contributed by atoms with Gasteiger partial charge < -0.3 is 4.57 Å². The quantitative estimate of drug-likeness (QED) is 0.382. The lowest BCUT2D eigenvalue weighted by molar-refractivity contribution is 0.586. The fourth-order valence-corrected chi connectivity index (χ4v) is 11.2. The van der Waals surface area contributed by atoms with Gasteiger partial charge in [-0.25, -0.2) is 0 Å². The maximum Gasteiger partial charge on any atom is 0.150 e. The summed E-state index contributed by atoms with van der Waals surface area (Å²) in [6.45, 7) is 2.17. The highest BCUT2D eigenvalue weighted by Gasteiger charge is 2.39. The highest BCUT2D eigenvalue weighted by molar-refractivity contribution is 7.92. The Hall–Kier alpha value is -2.46. The topological polar surface area (TPSA) is 17.1 Å². The van der Waals surface area contributed by atoms with Crippen LogP contribution in [0.15, 0.2) is 121 Å². The zero-order valence-corrected chi connectivity index (χ0v) is 18.2. The highest BCUT2D eigenvalue weighted by atomic mass is 31.2. The van der Waals surface area contributed by atoms with E-state index in [1.807, 2.05) is 72.8 Å². The van der Waals surface area contributed by atoms with Crippen molar-refractivity contribution in [2.24, 2.45) is 0 Å². The van der Waals surface area contributed by atoms with Gasteiger partial charge in [0.15, 0.2) is 7.14 Å². The Kier molecular flexibility index (Phi) is 6.10. The molecule has 0 N–H and O–H groups in total. The van der Waals surface area contributed by atoms with Gasteiger partial charge in [-0.3, -0.25) is 0 Å². The normalized spacial score (nSPS) is 12.6. The third-order valence-corrected chi connectivity index (χ3v) is 12.6. The van der Waals surface area contributed by atoms with Crippen molar-refractivity contribution in [3.05, 3.63) is 121 Å². The van der Waals surface area contributed by atoms with Gasteiger partial charge in [0.05, 0.1) is 0 Å². The van der Waals surface area contributed by atoms with Gasteiger partial charge in [0.2, 0.25) is 0 Å². The van der Waals surface area contributed by atoms with Crippen LogP contribution < -0.4 is 21.2 Å². The smallest absolute Gasteiger partial charge is 0.150 e. The predicted octanol–water partition coefficient (Wildman–Crippen LogP) is 5.48. The summed E-state index contributed by atoms with van der Waals surface area (Å²) in [4.78, 5) is 0. The zero-order chi connectivity index (χ0) is 20.1. The molecule has 0 aliphatic heterocycles. The van der Waals surface area contributed by atoms with Crippen molar-refractivity contribution in [1.82, 2.24) is 0 Å². The molecule has 0 spiro atoms. The number of benzene rings is 4. The van der Waals surface area contributed by atoms with E-state index in [1.54, 1.807) is 0 Å². The van der Waals surface area contributed by atoms with E-state index in [2.05, 4.69) is 55.5 Å². The van der Waals surface area contributed by atoms with E-state index in [4.69, 9.17) is 0 Å². The lowest BCUT2D eigenvalue weighted by Crippen LogP contribution is -2.28. The molecule has 0 bridgehead atoms. The van der Waals surface area contributed by atoms with Gasteiger partial charge in [0, 0.05) is 16.0 Å². The minimum Gasteiger partial charge on any atom is -0.313 e. The zero-order valence-electron chi connectivity index (χ0n) is 16.4. The molecule has 0 unspecified atom stereocenters. The van der Waals surface area contributed by atoms with Crippen molar-refractivity contribution in [1.29, 1.82) is 0 Å². The first-order chi connectivity index (χ1) is 14.2. The second-order valence-corrected chi connectivity index (χ2v) is 13.1. The summed E-state index contributed by atoms with van der Waals surface area (Å²) in [6, 6.07) is 41.1. The molecule has 0 saturated heterocycles.